The molecule has 1 saturated carbocycles. The third-order valence-electron chi connectivity index (χ3n) is 5.25. The highest BCUT2D eigenvalue weighted by molar-refractivity contribution is 7.80. The number of aromatic nitrogens is 2. The standard InChI is InChI=1S/C19H23ClN4S/c20-14-6-4-5-13(11-14)18-16-12-24(10-9-17(16)22-23-18)19(25)21-15-7-2-1-3-8-15/h4-6,11,15H,1-3,7-10,12H2,(H,21,25)(H,22,23). The first kappa shape index (κ1) is 16.9. The van der Waals surface area contributed by atoms with Gasteiger partial charge < -0.3 is 10.2 Å². The van der Waals surface area contributed by atoms with Gasteiger partial charge in [0.2, 0.25) is 0 Å². The Labute approximate surface area is 158 Å². The zero-order valence-corrected chi connectivity index (χ0v) is 15.8. The Morgan fingerprint density at radius 1 is 1.28 bits per heavy atom. The van der Waals surface area contributed by atoms with Crippen molar-refractivity contribution in [1.82, 2.24) is 20.4 Å². The molecule has 0 bridgehead atoms. The van der Waals surface area contributed by atoms with E-state index in [1.807, 2.05) is 18.2 Å². The van der Waals surface area contributed by atoms with E-state index >= 15 is 0 Å². The molecule has 0 radical (unpaired) electrons. The van der Waals surface area contributed by atoms with Gasteiger partial charge in [-0.1, -0.05) is 43.0 Å². The molecule has 132 valence electrons. The highest BCUT2D eigenvalue weighted by atomic mass is 35.5. The number of hydrogen-bond donors (Lipinski definition) is 2. The van der Waals surface area contributed by atoms with E-state index in [4.69, 9.17) is 23.8 Å². The minimum atomic E-state index is 0.541. The summed E-state index contributed by atoms with van der Waals surface area (Å²) < 4.78 is 0. The van der Waals surface area contributed by atoms with Crippen molar-refractivity contribution in [2.45, 2.75) is 51.1 Å². The molecule has 2 aliphatic rings. The van der Waals surface area contributed by atoms with Gasteiger partial charge in [-0.05, 0) is 37.2 Å². The molecule has 1 aliphatic carbocycles. The van der Waals surface area contributed by atoms with Gasteiger partial charge in [-0.3, -0.25) is 5.10 Å². The van der Waals surface area contributed by atoms with Crippen molar-refractivity contribution in [3.63, 3.8) is 0 Å². The minimum absolute atomic E-state index is 0.541. The van der Waals surface area contributed by atoms with Crippen LogP contribution in [0.15, 0.2) is 24.3 Å². The predicted molar refractivity (Wildman–Crippen MR) is 106 cm³/mol. The number of halogens is 1. The van der Waals surface area contributed by atoms with Crippen LogP contribution in [0.3, 0.4) is 0 Å². The van der Waals surface area contributed by atoms with Crippen LogP contribution in [0.2, 0.25) is 5.02 Å². The molecule has 1 fully saturated rings. The Bertz CT molecular complexity index is 767. The van der Waals surface area contributed by atoms with Gasteiger partial charge in [0.15, 0.2) is 5.11 Å². The first-order chi connectivity index (χ1) is 12.2. The van der Waals surface area contributed by atoms with E-state index in [1.165, 1.54) is 43.4 Å². The molecule has 2 aromatic rings. The van der Waals surface area contributed by atoms with Crippen molar-refractivity contribution in [1.29, 1.82) is 0 Å². The van der Waals surface area contributed by atoms with Gasteiger partial charge >= 0.3 is 0 Å². The fourth-order valence-electron chi connectivity index (χ4n) is 3.86. The Balaban J connectivity index is 1.50. The molecule has 2 heterocycles. The summed E-state index contributed by atoms with van der Waals surface area (Å²) in [6, 6.07) is 8.42. The molecular weight excluding hydrogens is 352 g/mol. The molecule has 4 rings (SSSR count). The van der Waals surface area contributed by atoms with E-state index in [-0.39, 0.29) is 0 Å². The van der Waals surface area contributed by atoms with E-state index in [1.54, 1.807) is 0 Å². The molecule has 0 saturated heterocycles. The molecule has 6 heteroatoms. The van der Waals surface area contributed by atoms with Gasteiger partial charge in [0.05, 0.1) is 5.69 Å². The number of benzene rings is 1. The number of thiocarbonyl (C=S) groups is 1. The molecule has 0 amide bonds. The van der Waals surface area contributed by atoms with Crippen LogP contribution in [0, 0.1) is 0 Å². The molecule has 0 atom stereocenters. The van der Waals surface area contributed by atoms with Gasteiger partial charge in [0.1, 0.15) is 0 Å². The SMILES string of the molecule is S=C(NC1CCCCC1)N1CCc2[nH]nc(-c3cccc(Cl)c3)c2C1. The van der Waals surface area contributed by atoms with Crippen molar-refractivity contribution in [2.24, 2.45) is 0 Å². The second kappa shape index (κ2) is 7.34. The van der Waals surface area contributed by atoms with Crippen LogP contribution in [0.5, 0.6) is 0 Å². The van der Waals surface area contributed by atoms with Crippen molar-refractivity contribution in [2.75, 3.05) is 6.54 Å². The van der Waals surface area contributed by atoms with Gasteiger partial charge in [0.25, 0.3) is 0 Å². The van der Waals surface area contributed by atoms with Crippen LogP contribution in [0.4, 0.5) is 0 Å². The van der Waals surface area contributed by atoms with Crippen LogP contribution in [0.1, 0.15) is 43.4 Å². The fraction of sp³-hybridized carbons (Fsp3) is 0.474. The molecule has 1 aliphatic heterocycles. The van der Waals surface area contributed by atoms with Crippen molar-refractivity contribution in [3.05, 3.63) is 40.5 Å². The lowest BCUT2D eigenvalue weighted by molar-refractivity contribution is 0.357. The maximum atomic E-state index is 6.15. The molecule has 25 heavy (non-hydrogen) atoms. The molecule has 0 spiro atoms. The first-order valence-corrected chi connectivity index (χ1v) is 9.87. The topological polar surface area (TPSA) is 44.0 Å². The second-order valence-electron chi connectivity index (χ2n) is 7.00. The first-order valence-electron chi connectivity index (χ1n) is 9.08. The lowest BCUT2D eigenvalue weighted by Crippen LogP contribution is -2.47. The summed E-state index contributed by atoms with van der Waals surface area (Å²) in [5, 5.41) is 12.9. The fourth-order valence-corrected chi connectivity index (χ4v) is 4.37. The normalized spacial score (nSPS) is 18.0. The second-order valence-corrected chi connectivity index (χ2v) is 7.82. The lowest BCUT2D eigenvalue weighted by atomic mass is 9.95. The van der Waals surface area contributed by atoms with Crippen molar-refractivity contribution in [3.8, 4) is 11.3 Å². The number of H-pyrrole nitrogens is 1. The van der Waals surface area contributed by atoms with Gasteiger partial charge in [0, 0.05) is 47.4 Å². The average molecular weight is 375 g/mol. The van der Waals surface area contributed by atoms with Crippen LogP contribution in [0.25, 0.3) is 11.3 Å². The van der Waals surface area contributed by atoms with Gasteiger partial charge in [-0.15, -0.1) is 0 Å². The zero-order chi connectivity index (χ0) is 17.2. The number of nitrogens with one attached hydrogen (secondary N) is 2. The van der Waals surface area contributed by atoms with Crippen molar-refractivity contribution < 1.29 is 0 Å². The van der Waals surface area contributed by atoms with Crippen LogP contribution >= 0.6 is 23.8 Å². The zero-order valence-electron chi connectivity index (χ0n) is 14.2. The van der Waals surface area contributed by atoms with E-state index < -0.39 is 0 Å². The van der Waals surface area contributed by atoms with Crippen LogP contribution < -0.4 is 5.32 Å². The van der Waals surface area contributed by atoms with E-state index in [9.17, 15) is 0 Å². The summed E-state index contributed by atoms with van der Waals surface area (Å²) in [4.78, 5) is 2.27. The maximum Gasteiger partial charge on any atom is 0.169 e. The smallest absolute Gasteiger partial charge is 0.169 e. The number of rotatable bonds is 2. The maximum absolute atomic E-state index is 6.15. The minimum Gasteiger partial charge on any atom is -0.360 e. The summed E-state index contributed by atoms with van der Waals surface area (Å²) >= 11 is 11.9. The summed E-state index contributed by atoms with van der Waals surface area (Å²) in [6.07, 6.45) is 7.39. The summed E-state index contributed by atoms with van der Waals surface area (Å²) in [7, 11) is 0. The highest BCUT2D eigenvalue weighted by Crippen LogP contribution is 2.30. The van der Waals surface area contributed by atoms with E-state index in [0.29, 0.717) is 6.04 Å². The Morgan fingerprint density at radius 2 is 2.12 bits per heavy atom. The summed E-state index contributed by atoms with van der Waals surface area (Å²) in [6.45, 7) is 1.73. The number of aromatic amines is 1. The third-order valence-corrected chi connectivity index (χ3v) is 5.86. The van der Waals surface area contributed by atoms with Crippen LogP contribution in [-0.2, 0) is 13.0 Å². The number of fused-ring (bicyclic) bond motifs is 1. The Hall–Kier alpha value is -1.59. The molecule has 1 aromatic heterocycles. The van der Waals surface area contributed by atoms with Crippen molar-refractivity contribution >= 4 is 28.9 Å². The van der Waals surface area contributed by atoms with E-state index in [2.05, 4.69) is 26.5 Å². The number of hydrogen-bond acceptors (Lipinski definition) is 2. The monoisotopic (exact) mass is 374 g/mol. The highest BCUT2D eigenvalue weighted by Gasteiger charge is 2.25. The molecular formula is C19H23ClN4S. The molecule has 2 N–H and O–H groups in total. The lowest BCUT2D eigenvalue weighted by Gasteiger charge is -2.33. The predicted octanol–water partition coefficient (Wildman–Crippen LogP) is 4.30. The third kappa shape index (κ3) is 3.67. The largest absolute Gasteiger partial charge is 0.360 e. The van der Waals surface area contributed by atoms with Gasteiger partial charge in [-0.25, -0.2) is 0 Å². The quantitative estimate of drug-likeness (QED) is 0.769. The van der Waals surface area contributed by atoms with E-state index in [0.717, 1.165) is 40.9 Å². The average Bonchev–Trinajstić information content (AvgIpc) is 3.05. The van der Waals surface area contributed by atoms with Crippen LogP contribution in [-0.4, -0.2) is 32.8 Å². The van der Waals surface area contributed by atoms with Gasteiger partial charge in [-0.2, -0.15) is 5.10 Å². The molecule has 1 aromatic carbocycles. The summed E-state index contributed by atoms with van der Waals surface area (Å²) in [5.41, 5.74) is 4.49. The Kier molecular flexibility index (Phi) is 4.95. The molecule has 0 unspecified atom stereocenters. The summed E-state index contributed by atoms with van der Waals surface area (Å²) in [5.74, 6) is 0. The molecule has 4 nitrogen and oxygen atoms in total. The Morgan fingerprint density at radius 3 is 2.92 bits per heavy atom. The number of nitrogens with zero attached hydrogens (tertiary/aromatic N) is 2.